The second-order valence-corrected chi connectivity index (χ2v) is 7.65. The Bertz CT molecular complexity index is 886. The molecule has 1 fully saturated rings. The van der Waals surface area contributed by atoms with E-state index in [1.54, 1.807) is 0 Å². The summed E-state index contributed by atoms with van der Waals surface area (Å²) in [5.74, 6) is -0.566. The molecular formula is C21H21ClN2O2. The lowest BCUT2D eigenvalue weighted by atomic mass is 10.1. The molecule has 1 N–H and O–H groups in total. The van der Waals surface area contributed by atoms with Crippen molar-refractivity contribution in [2.24, 2.45) is 11.8 Å². The highest BCUT2D eigenvalue weighted by atomic mass is 35.5. The van der Waals surface area contributed by atoms with Crippen LogP contribution in [-0.4, -0.2) is 18.4 Å². The van der Waals surface area contributed by atoms with Gasteiger partial charge in [-0.25, -0.2) is 0 Å². The van der Waals surface area contributed by atoms with E-state index in [0.717, 1.165) is 23.2 Å². The molecule has 2 aliphatic rings. The van der Waals surface area contributed by atoms with Crippen molar-refractivity contribution in [3.8, 4) is 0 Å². The van der Waals surface area contributed by atoms with Crippen LogP contribution in [0.1, 0.15) is 23.1 Å². The number of para-hydroxylation sites is 1. The fourth-order valence-electron chi connectivity index (χ4n) is 3.81. The molecule has 4 nitrogen and oxygen atoms in total. The number of nitrogens with zero attached hydrogens (tertiary/aromatic N) is 1. The summed E-state index contributed by atoms with van der Waals surface area (Å²) in [6, 6.07) is 11.8. The maximum absolute atomic E-state index is 12.8. The summed E-state index contributed by atoms with van der Waals surface area (Å²) >= 11 is 6.27. The van der Waals surface area contributed by atoms with Gasteiger partial charge >= 0.3 is 0 Å². The van der Waals surface area contributed by atoms with Crippen molar-refractivity contribution >= 4 is 34.8 Å². The molecular weight excluding hydrogens is 348 g/mol. The van der Waals surface area contributed by atoms with Crippen molar-refractivity contribution in [1.82, 2.24) is 0 Å². The first-order valence-electron chi connectivity index (χ1n) is 8.92. The minimum atomic E-state index is -0.271. The summed E-state index contributed by atoms with van der Waals surface area (Å²) in [6.07, 6.45) is 1.48. The number of anilines is 2. The Morgan fingerprint density at radius 1 is 1.15 bits per heavy atom. The predicted molar refractivity (Wildman–Crippen MR) is 104 cm³/mol. The number of carbonyl (C=O) groups excluding carboxylic acids is 2. The number of rotatable bonds is 3. The predicted octanol–water partition coefficient (Wildman–Crippen LogP) is 4.12. The molecule has 2 amide bonds. The second-order valence-electron chi connectivity index (χ2n) is 7.25. The molecule has 0 radical (unpaired) electrons. The van der Waals surface area contributed by atoms with Gasteiger partial charge in [0.2, 0.25) is 11.8 Å². The van der Waals surface area contributed by atoms with Crippen LogP contribution in [0.5, 0.6) is 0 Å². The lowest BCUT2D eigenvalue weighted by Gasteiger charge is -2.17. The number of benzene rings is 2. The quantitative estimate of drug-likeness (QED) is 0.885. The van der Waals surface area contributed by atoms with E-state index in [1.807, 2.05) is 49.1 Å². The van der Waals surface area contributed by atoms with Gasteiger partial charge in [0.05, 0.1) is 22.5 Å². The first-order valence-corrected chi connectivity index (χ1v) is 9.30. The fraction of sp³-hybridized carbons (Fsp3) is 0.333. The molecule has 1 saturated carbocycles. The van der Waals surface area contributed by atoms with Crippen LogP contribution in [0.15, 0.2) is 36.4 Å². The van der Waals surface area contributed by atoms with Gasteiger partial charge in [-0.15, -0.1) is 0 Å². The SMILES string of the molecule is Cc1cc(C)c(NC(=O)C2CC2C(=O)N2CCc3ccccc32)c(Cl)c1. The summed E-state index contributed by atoms with van der Waals surface area (Å²) in [4.78, 5) is 27.3. The van der Waals surface area contributed by atoms with Gasteiger partial charge in [0, 0.05) is 12.2 Å². The zero-order valence-electron chi connectivity index (χ0n) is 14.9. The van der Waals surface area contributed by atoms with Gasteiger partial charge in [-0.1, -0.05) is 35.9 Å². The Labute approximate surface area is 158 Å². The lowest BCUT2D eigenvalue weighted by Crippen LogP contribution is -2.32. The zero-order valence-corrected chi connectivity index (χ0v) is 15.6. The molecule has 2 aromatic carbocycles. The van der Waals surface area contributed by atoms with Crippen molar-refractivity contribution < 1.29 is 9.59 Å². The summed E-state index contributed by atoms with van der Waals surface area (Å²) in [5, 5.41) is 3.46. The fourth-order valence-corrected chi connectivity index (χ4v) is 4.18. The first-order chi connectivity index (χ1) is 12.5. The molecule has 0 saturated heterocycles. The average Bonchev–Trinajstić information content (AvgIpc) is 3.29. The first kappa shape index (κ1) is 17.1. The van der Waals surface area contributed by atoms with Crippen molar-refractivity contribution in [2.75, 3.05) is 16.8 Å². The van der Waals surface area contributed by atoms with Crippen molar-refractivity contribution in [2.45, 2.75) is 26.7 Å². The average molecular weight is 369 g/mol. The van der Waals surface area contributed by atoms with Crippen molar-refractivity contribution in [3.05, 3.63) is 58.1 Å². The Morgan fingerprint density at radius 3 is 2.69 bits per heavy atom. The number of carbonyl (C=O) groups is 2. The van der Waals surface area contributed by atoms with Gasteiger partial charge in [0.15, 0.2) is 0 Å². The van der Waals surface area contributed by atoms with Crippen LogP contribution in [0.2, 0.25) is 5.02 Å². The third-order valence-electron chi connectivity index (χ3n) is 5.28. The maximum atomic E-state index is 12.8. The van der Waals surface area contributed by atoms with Crippen LogP contribution < -0.4 is 10.2 Å². The molecule has 4 rings (SSSR count). The molecule has 26 heavy (non-hydrogen) atoms. The molecule has 2 atom stereocenters. The Kier molecular flexibility index (Phi) is 4.23. The molecule has 1 aliphatic carbocycles. The molecule has 0 aromatic heterocycles. The largest absolute Gasteiger partial charge is 0.324 e. The van der Waals surface area contributed by atoms with Crippen LogP contribution >= 0.6 is 11.6 Å². The number of amides is 2. The van der Waals surface area contributed by atoms with E-state index in [9.17, 15) is 9.59 Å². The van der Waals surface area contributed by atoms with E-state index < -0.39 is 0 Å². The maximum Gasteiger partial charge on any atom is 0.230 e. The van der Waals surface area contributed by atoms with E-state index in [2.05, 4.69) is 11.4 Å². The van der Waals surface area contributed by atoms with E-state index in [1.165, 1.54) is 5.56 Å². The third kappa shape index (κ3) is 2.99. The molecule has 134 valence electrons. The van der Waals surface area contributed by atoms with E-state index in [-0.39, 0.29) is 23.7 Å². The van der Waals surface area contributed by atoms with Crippen LogP contribution in [0.4, 0.5) is 11.4 Å². The monoisotopic (exact) mass is 368 g/mol. The molecule has 2 unspecified atom stereocenters. The number of hydrogen-bond acceptors (Lipinski definition) is 2. The summed E-state index contributed by atoms with van der Waals surface area (Å²) in [7, 11) is 0. The molecule has 1 aliphatic heterocycles. The minimum absolute atomic E-state index is 0.0572. The van der Waals surface area contributed by atoms with Crippen LogP contribution in [0.3, 0.4) is 0 Å². The van der Waals surface area contributed by atoms with Crippen LogP contribution in [-0.2, 0) is 16.0 Å². The summed E-state index contributed by atoms with van der Waals surface area (Å²) in [6.45, 7) is 4.59. The Morgan fingerprint density at radius 2 is 1.92 bits per heavy atom. The van der Waals surface area contributed by atoms with Gasteiger partial charge in [-0.3, -0.25) is 9.59 Å². The molecule has 0 bridgehead atoms. The lowest BCUT2D eigenvalue weighted by molar-refractivity contribution is -0.123. The topological polar surface area (TPSA) is 49.4 Å². The minimum Gasteiger partial charge on any atom is -0.324 e. The molecule has 0 spiro atoms. The Balaban J connectivity index is 1.44. The Hall–Kier alpha value is -2.33. The molecule has 1 heterocycles. The van der Waals surface area contributed by atoms with Gasteiger partial charge in [-0.05, 0) is 55.5 Å². The number of halogens is 1. The normalized spacial score (nSPS) is 20.7. The summed E-state index contributed by atoms with van der Waals surface area (Å²) in [5.41, 5.74) is 4.82. The number of hydrogen-bond donors (Lipinski definition) is 1. The van der Waals surface area contributed by atoms with Crippen LogP contribution in [0, 0.1) is 25.7 Å². The summed E-state index contributed by atoms with van der Waals surface area (Å²) < 4.78 is 0. The third-order valence-corrected chi connectivity index (χ3v) is 5.58. The smallest absolute Gasteiger partial charge is 0.230 e. The standard InChI is InChI=1S/C21H21ClN2O2/c1-12-9-13(2)19(17(22)10-12)23-20(25)15-11-16(15)21(26)24-8-7-14-5-3-4-6-18(14)24/h3-6,9-10,15-16H,7-8,11H2,1-2H3,(H,23,25). The second kappa shape index (κ2) is 6.44. The van der Waals surface area contributed by atoms with Crippen molar-refractivity contribution in [3.63, 3.8) is 0 Å². The van der Waals surface area contributed by atoms with E-state index >= 15 is 0 Å². The van der Waals surface area contributed by atoms with E-state index in [4.69, 9.17) is 11.6 Å². The van der Waals surface area contributed by atoms with Gasteiger partial charge < -0.3 is 10.2 Å². The van der Waals surface area contributed by atoms with Gasteiger partial charge in [-0.2, -0.15) is 0 Å². The van der Waals surface area contributed by atoms with Gasteiger partial charge in [0.1, 0.15) is 0 Å². The molecule has 2 aromatic rings. The number of fused-ring (bicyclic) bond motifs is 1. The highest BCUT2D eigenvalue weighted by Gasteiger charge is 2.50. The zero-order chi connectivity index (χ0) is 18.4. The molecule has 5 heteroatoms. The van der Waals surface area contributed by atoms with Crippen LogP contribution in [0.25, 0.3) is 0 Å². The number of aryl methyl sites for hydroxylation is 2. The highest BCUT2D eigenvalue weighted by Crippen LogP contribution is 2.43. The highest BCUT2D eigenvalue weighted by molar-refractivity contribution is 6.34. The number of nitrogens with one attached hydrogen (secondary N) is 1. The van der Waals surface area contributed by atoms with Crippen molar-refractivity contribution in [1.29, 1.82) is 0 Å². The van der Waals surface area contributed by atoms with E-state index in [0.29, 0.717) is 23.7 Å². The van der Waals surface area contributed by atoms with Gasteiger partial charge in [0.25, 0.3) is 0 Å².